The number of aryl methyl sites for hydroxylation is 1. The smallest absolute Gasteiger partial charge is 0.356 e. The van der Waals surface area contributed by atoms with E-state index in [4.69, 9.17) is 11.6 Å². The lowest BCUT2D eigenvalue weighted by atomic mass is 9.90. The predicted molar refractivity (Wildman–Crippen MR) is 96.2 cm³/mol. The van der Waals surface area contributed by atoms with Gasteiger partial charge in [0.05, 0.1) is 0 Å². The molecule has 0 bridgehead atoms. The van der Waals surface area contributed by atoms with Crippen molar-refractivity contribution in [3.8, 4) is 0 Å². The second kappa shape index (κ2) is 6.15. The van der Waals surface area contributed by atoms with Crippen molar-refractivity contribution < 1.29 is 9.90 Å². The van der Waals surface area contributed by atoms with E-state index in [2.05, 4.69) is 16.5 Å². The molecule has 0 spiro atoms. The Kier molecular flexibility index (Phi) is 4.08. The zero-order chi connectivity index (χ0) is 17.6. The third-order valence-corrected chi connectivity index (χ3v) is 5.80. The Balaban J connectivity index is 1.58. The summed E-state index contributed by atoms with van der Waals surface area (Å²) in [6.45, 7) is 2.71. The molecule has 132 valence electrons. The highest BCUT2D eigenvalue weighted by molar-refractivity contribution is 6.31. The van der Waals surface area contributed by atoms with Crippen molar-refractivity contribution in [3.05, 3.63) is 51.8 Å². The number of aromatic nitrogens is 2. The molecule has 0 unspecified atom stereocenters. The Hall–Kier alpha value is -1.85. The van der Waals surface area contributed by atoms with Gasteiger partial charge >= 0.3 is 5.97 Å². The second-order valence-electron chi connectivity index (χ2n) is 7.04. The van der Waals surface area contributed by atoms with Crippen LogP contribution in [0.1, 0.15) is 53.5 Å². The fraction of sp³-hybridized carbons (Fsp3) is 0.474. The van der Waals surface area contributed by atoms with Gasteiger partial charge in [-0.25, -0.2) is 4.79 Å². The number of carboxylic acids is 1. The number of fused-ring (bicyclic) bond motifs is 1. The first kappa shape index (κ1) is 16.6. The fourth-order valence-corrected chi connectivity index (χ4v) is 4.42. The normalized spacial score (nSPS) is 21.0. The Bertz CT molecular complexity index is 826. The molecule has 6 heteroatoms. The number of carboxylic acid groups (broad SMARTS) is 1. The third kappa shape index (κ3) is 2.85. The number of carbonyl (C=O) groups is 1. The molecular formula is C19H22ClN3O2. The number of hydrogen-bond donors (Lipinski definition) is 2. The highest BCUT2D eigenvalue weighted by Gasteiger charge is 2.47. The maximum atomic E-state index is 11.6. The molecule has 5 nitrogen and oxygen atoms in total. The van der Waals surface area contributed by atoms with Crippen LogP contribution in [0.5, 0.6) is 0 Å². The number of nitrogens with one attached hydrogen (secondary N) is 1. The first-order valence-electron chi connectivity index (χ1n) is 8.88. The van der Waals surface area contributed by atoms with Crippen LogP contribution in [-0.2, 0) is 24.9 Å². The molecule has 0 saturated heterocycles. The Morgan fingerprint density at radius 3 is 2.84 bits per heavy atom. The van der Waals surface area contributed by atoms with Crippen LogP contribution >= 0.6 is 11.6 Å². The minimum Gasteiger partial charge on any atom is -0.476 e. The van der Waals surface area contributed by atoms with Gasteiger partial charge in [-0.2, -0.15) is 5.10 Å². The van der Waals surface area contributed by atoms with E-state index in [1.807, 2.05) is 29.8 Å². The molecule has 2 aromatic rings. The van der Waals surface area contributed by atoms with Crippen molar-refractivity contribution in [2.24, 2.45) is 0 Å². The molecule has 2 N–H and O–H groups in total. The van der Waals surface area contributed by atoms with Gasteiger partial charge in [0.15, 0.2) is 5.69 Å². The van der Waals surface area contributed by atoms with E-state index < -0.39 is 5.97 Å². The predicted octanol–water partition coefficient (Wildman–Crippen LogP) is 3.39. The SMILES string of the molecule is CCn1nc(C(=O)O)c2c1CC[C@H](NC1(c3ccccc3Cl)CC1)C2. The maximum Gasteiger partial charge on any atom is 0.356 e. The molecule has 1 fully saturated rings. The fourth-order valence-electron chi connectivity index (χ4n) is 4.10. The summed E-state index contributed by atoms with van der Waals surface area (Å²) in [6, 6.07) is 8.25. The van der Waals surface area contributed by atoms with Gasteiger partial charge in [0.1, 0.15) is 0 Å². The number of nitrogens with zero attached hydrogens (tertiary/aromatic N) is 2. The van der Waals surface area contributed by atoms with E-state index in [-0.39, 0.29) is 17.3 Å². The van der Waals surface area contributed by atoms with E-state index in [1.165, 1.54) is 0 Å². The molecular weight excluding hydrogens is 338 g/mol. The van der Waals surface area contributed by atoms with Crippen molar-refractivity contribution in [2.75, 3.05) is 0 Å². The Morgan fingerprint density at radius 2 is 2.20 bits per heavy atom. The van der Waals surface area contributed by atoms with Crippen LogP contribution in [-0.4, -0.2) is 26.9 Å². The highest BCUT2D eigenvalue weighted by Crippen LogP contribution is 2.48. The van der Waals surface area contributed by atoms with Crippen molar-refractivity contribution >= 4 is 17.6 Å². The molecule has 0 aliphatic heterocycles. The van der Waals surface area contributed by atoms with Gasteiger partial charge in [-0.3, -0.25) is 4.68 Å². The molecule has 0 amide bonds. The lowest BCUT2D eigenvalue weighted by molar-refractivity contribution is 0.0688. The summed E-state index contributed by atoms with van der Waals surface area (Å²) < 4.78 is 1.84. The van der Waals surface area contributed by atoms with Gasteiger partial charge in [-0.15, -0.1) is 0 Å². The molecule has 1 atom stereocenters. The van der Waals surface area contributed by atoms with Crippen LogP contribution in [0.4, 0.5) is 0 Å². The van der Waals surface area contributed by atoms with Crippen molar-refractivity contribution in [1.82, 2.24) is 15.1 Å². The number of halogens is 1. The number of aromatic carboxylic acids is 1. The van der Waals surface area contributed by atoms with Gasteiger partial charge < -0.3 is 10.4 Å². The summed E-state index contributed by atoms with van der Waals surface area (Å²) in [5.74, 6) is -0.934. The molecule has 0 radical (unpaired) electrons. The molecule has 1 heterocycles. The van der Waals surface area contributed by atoms with E-state index in [1.54, 1.807) is 0 Å². The second-order valence-corrected chi connectivity index (χ2v) is 7.45. The summed E-state index contributed by atoms with van der Waals surface area (Å²) in [5.41, 5.74) is 3.30. The summed E-state index contributed by atoms with van der Waals surface area (Å²) in [4.78, 5) is 11.6. The Morgan fingerprint density at radius 1 is 1.44 bits per heavy atom. The van der Waals surface area contributed by atoms with Crippen LogP contribution in [0.3, 0.4) is 0 Å². The largest absolute Gasteiger partial charge is 0.476 e. The first-order valence-corrected chi connectivity index (χ1v) is 9.26. The maximum absolute atomic E-state index is 11.6. The van der Waals surface area contributed by atoms with Crippen LogP contribution in [0, 0.1) is 0 Å². The summed E-state index contributed by atoms with van der Waals surface area (Å²) >= 11 is 6.41. The van der Waals surface area contributed by atoms with Crippen LogP contribution < -0.4 is 5.32 Å². The van der Waals surface area contributed by atoms with Gasteiger partial charge in [0, 0.05) is 34.4 Å². The number of rotatable bonds is 5. The van der Waals surface area contributed by atoms with Gasteiger partial charge in [0.2, 0.25) is 0 Å². The third-order valence-electron chi connectivity index (χ3n) is 5.47. The lowest BCUT2D eigenvalue weighted by Gasteiger charge is -2.30. The molecule has 25 heavy (non-hydrogen) atoms. The van der Waals surface area contributed by atoms with E-state index in [0.717, 1.165) is 47.5 Å². The molecule has 2 aliphatic carbocycles. The molecule has 1 aromatic carbocycles. The zero-order valence-corrected chi connectivity index (χ0v) is 15.0. The molecule has 2 aliphatic rings. The quantitative estimate of drug-likeness (QED) is 0.858. The topological polar surface area (TPSA) is 67.2 Å². The van der Waals surface area contributed by atoms with E-state index in [0.29, 0.717) is 13.0 Å². The van der Waals surface area contributed by atoms with Crippen molar-refractivity contribution in [2.45, 2.75) is 57.2 Å². The summed E-state index contributed by atoms with van der Waals surface area (Å²) in [5, 5.41) is 18.4. The average Bonchev–Trinajstić information content (AvgIpc) is 3.27. The highest BCUT2D eigenvalue weighted by atomic mass is 35.5. The van der Waals surface area contributed by atoms with Gasteiger partial charge in [-0.05, 0) is 50.7 Å². The van der Waals surface area contributed by atoms with Crippen molar-refractivity contribution in [3.63, 3.8) is 0 Å². The van der Waals surface area contributed by atoms with Crippen molar-refractivity contribution in [1.29, 1.82) is 0 Å². The first-order chi connectivity index (χ1) is 12.0. The number of hydrogen-bond acceptors (Lipinski definition) is 3. The van der Waals surface area contributed by atoms with Crippen LogP contribution in [0.2, 0.25) is 5.02 Å². The molecule has 4 rings (SSSR count). The van der Waals surface area contributed by atoms with Crippen LogP contribution in [0.25, 0.3) is 0 Å². The summed E-state index contributed by atoms with van der Waals surface area (Å²) in [7, 11) is 0. The lowest BCUT2D eigenvalue weighted by Crippen LogP contribution is -2.42. The molecule has 1 aromatic heterocycles. The zero-order valence-electron chi connectivity index (χ0n) is 14.3. The monoisotopic (exact) mass is 359 g/mol. The van der Waals surface area contributed by atoms with Gasteiger partial charge in [-0.1, -0.05) is 29.8 Å². The van der Waals surface area contributed by atoms with Gasteiger partial charge in [0.25, 0.3) is 0 Å². The minimum atomic E-state index is -0.934. The standard InChI is InChI=1S/C19H22ClN3O2/c1-2-23-16-8-7-12(11-13(16)17(22-23)18(24)25)21-19(9-10-19)14-5-3-4-6-15(14)20/h3-6,12,21H,2,7-11H2,1H3,(H,24,25)/t12-/m0/s1. The van der Waals surface area contributed by atoms with E-state index in [9.17, 15) is 9.90 Å². The van der Waals surface area contributed by atoms with E-state index >= 15 is 0 Å². The minimum absolute atomic E-state index is 0.0509. The van der Waals surface area contributed by atoms with Crippen LogP contribution in [0.15, 0.2) is 24.3 Å². The Labute approximate surface area is 152 Å². The number of benzene rings is 1. The average molecular weight is 360 g/mol. The molecule has 1 saturated carbocycles. The summed E-state index contributed by atoms with van der Waals surface area (Å²) in [6.07, 6.45) is 4.70.